The first-order valence-electron chi connectivity index (χ1n) is 6.33. The lowest BCUT2D eigenvalue weighted by Crippen LogP contribution is -2.08. The SMILES string of the molecule is CCC(CC)Cn1cc(CO)c2cccnc21. The van der Waals surface area contributed by atoms with Crippen LogP contribution in [-0.2, 0) is 13.2 Å². The summed E-state index contributed by atoms with van der Waals surface area (Å²) in [4.78, 5) is 4.42. The first-order chi connectivity index (χ1) is 8.30. The molecule has 2 aromatic rings. The van der Waals surface area contributed by atoms with E-state index in [-0.39, 0.29) is 6.61 Å². The minimum atomic E-state index is 0.0815. The van der Waals surface area contributed by atoms with E-state index in [2.05, 4.69) is 23.4 Å². The second kappa shape index (κ2) is 5.32. The van der Waals surface area contributed by atoms with E-state index >= 15 is 0 Å². The lowest BCUT2D eigenvalue weighted by molar-refractivity contribution is 0.282. The Morgan fingerprint density at radius 3 is 2.76 bits per heavy atom. The Balaban J connectivity index is 2.40. The van der Waals surface area contributed by atoms with Crippen molar-refractivity contribution in [3.05, 3.63) is 30.1 Å². The van der Waals surface area contributed by atoms with Gasteiger partial charge in [0, 0.05) is 29.9 Å². The minimum absolute atomic E-state index is 0.0815. The zero-order chi connectivity index (χ0) is 12.3. The molecule has 0 aromatic carbocycles. The van der Waals surface area contributed by atoms with Gasteiger partial charge in [0.2, 0.25) is 0 Å². The van der Waals surface area contributed by atoms with Crippen LogP contribution in [0.1, 0.15) is 32.3 Å². The van der Waals surface area contributed by atoms with Gasteiger partial charge >= 0.3 is 0 Å². The molecule has 3 nitrogen and oxygen atoms in total. The lowest BCUT2D eigenvalue weighted by atomic mass is 10.0. The Bertz CT molecular complexity index is 486. The molecule has 0 aliphatic rings. The topological polar surface area (TPSA) is 38.0 Å². The van der Waals surface area contributed by atoms with Crippen LogP contribution in [0, 0.1) is 5.92 Å². The summed E-state index contributed by atoms with van der Waals surface area (Å²) in [6.45, 7) is 5.51. The fraction of sp³-hybridized carbons (Fsp3) is 0.500. The summed E-state index contributed by atoms with van der Waals surface area (Å²) in [6, 6.07) is 3.94. The van der Waals surface area contributed by atoms with E-state index < -0.39 is 0 Å². The van der Waals surface area contributed by atoms with Crippen LogP contribution in [0.3, 0.4) is 0 Å². The van der Waals surface area contributed by atoms with Crippen molar-refractivity contribution in [3.63, 3.8) is 0 Å². The first kappa shape index (κ1) is 12.1. The van der Waals surface area contributed by atoms with Gasteiger partial charge in [-0.1, -0.05) is 26.7 Å². The van der Waals surface area contributed by atoms with Gasteiger partial charge in [-0.3, -0.25) is 0 Å². The highest BCUT2D eigenvalue weighted by Gasteiger charge is 2.11. The Morgan fingerprint density at radius 1 is 1.35 bits per heavy atom. The highest BCUT2D eigenvalue weighted by Crippen LogP contribution is 2.21. The number of aliphatic hydroxyl groups is 1. The number of hydrogen-bond acceptors (Lipinski definition) is 2. The monoisotopic (exact) mass is 232 g/mol. The molecule has 2 rings (SSSR count). The molecule has 0 saturated heterocycles. The van der Waals surface area contributed by atoms with E-state index in [0.29, 0.717) is 5.92 Å². The van der Waals surface area contributed by atoms with Crippen LogP contribution in [0.25, 0.3) is 11.0 Å². The van der Waals surface area contributed by atoms with Gasteiger partial charge in [-0.2, -0.15) is 0 Å². The summed E-state index contributed by atoms with van der Waals surface area (Å²) >= 11 is 0. The molecular formula is C14H20N2O. The molecule has 17 heavy (non-hydrogen) atoms. The van der Waals surface area contributed by atoms with Crippen LogP contribution < -0.4 is 0 Å². The number of aromatic nitrogens is 2. The molecule has 1 N–H and O–H groups in total. The zero-order valence-electron chi connectivity index (χ0n) is 10.6. The van der Waals surface area contributed by atoms with Crippen LogP contribution in [0.4, 0.5) is 0 Å². The Morgan fingerprint density at radius 2 is 2.12 bits per heavy atom. The van der Waals surface area contributed by atoms with Gasteiger partial charge < -0.3 is 9.67 Å². The van der Waals surface area contributed by atoms with Gasteiger partial charge in [-0.25, -0.2) is 4.98 Å². The van der Waals surface area contributed by atoms with Gasteiger partial charge in [0.25, 0.3) is 0 Å². The molecule has 3 heteroatoms. The van der Waals surface area contributed by atoms with E-state index in [0.717, 1.165) is 23.1 Å². The van der Waals surface area contributed by atoms with Crippen molar-refractivity contribution in [2.45, 2.75) is 39.8 Å². The number of nitrogens with zero attached hydrogens (tertiary/aromatic N) is 2. The third-order valence-corrected chi connectivity index (χ3v) is 3.50. The van der Waals surface area contributed by atoms with Crippen molar-refractivity contribution < 1.29 is 5.11 Å². The van der Waals surface area contributed by atoms with Crippen LogP contribution in [0.15, 0.2) is 24.5 Å². The van der Waals surface area contributed by atoms with Gasteiger partial charge in [0.05, 0.1) is 6.61 Å². The van der Waals surface area contributed by atoms with Crippen molar-refractivity contribution in [2.24, 2.45) is 5.92 Å². The number of aliphatic hydroxyl groups excluding tert-OH is 1. The largest absolute Gasteiger partial charge is 0.392 e. The van der Waals surface area contributed by atoms with Crippen LogP contribution in [-0.4, -0.2) is 14.7 Å². The van der Waals surface area contributed by atoms with Crippen molar-refractivity contribution in [3.8, 4) is 0 Å². The zero-order valence-corrected chi connectivity index (χ0v) is 10.6. The average molecular weight is 232 g/mol. The number of fused-ring (bicyclic) bond motifs is 1. The maximum Gasteiger partial charge on any atom is 0.140 e. The highest BCUT2D eigenvalue weighted by molar-refractivity contribution is 5.80. The molecule has 0 aliphatic heterocycles. The third-order valence-electron chi connectivity index (χ3n) is 3.50. The standard InChI is InChI=1S/C14H20N2O/c1-3-11(4-2)8-16-9-12(10-17)13-6-5-7-15-14(13)16/h5-7,9,11,17H,3-4,8,10H2,1-2H3. The average Bonchev–Trinajstić information content (AvgIpc) is 2.74. The number of rotatable bonds is 5. The molecule has 0 atom stereocenters. The molecule has 0 unspecified atom stereocenters. The van der Waals surface area contributed by atoms with Gasteiger partial charge in [-0.15, -0.1) is 0 Å². The molecule has 0 aliphatic carbocycles. The molecule has 92 valence electrons. The molecule has 2 heterocycles. The Hall–Kier alpha value is -1.35. The van der Waals surface area contributed by atoms with Crippen LogP contribution in [0.5, 0.6) is 0 Å². The van der Waals surface area contributed by atoms with E-state index in [4.69, 9.17) is 0 Å². The summed E-state index contributed by atoms with van der Waals surface area (Å²) in [5, 5.41) is 10.4. The molecule has 0 bridgehead atoms. The van der Waals surface area contributed by atoms with Crippen molar-refractivity contribution in [2.75, 3.05) is 0 Å². The summed E-state index contributed by atoms with van der Waals surface area (Å²) in [6.07, 6.45) is 6.21. The Kier molecular flexibility index (Phi) is 3.79. The predicted molar refractivity (Wildman–Crippen MR) is 69.7 cm³/mol. The van der Waals surface area contributed by atoms with Gasteiger partial charge in [-0.05, 0) is 18.1 Å². The van der Waals surface area contributed by atoms with Crippen molar-refractivity contribution in [1.29, 1.82) is 0 Å². The second-order valence-electron chi connectivity index (χ2n) is 4.52. The molecule has 0 fully saturated rings. The molecule has 0 saturated carbocycles. The summed E-state index contributed by atoms with van der Waals surface area (Å²) in [7, 11) is 0. The normalized spacial score (nSPS) is 11.5. The van der Waals surface area contributed by atoms with Crippen LogP contribution >= 0.6 is 0 Å². The number of hydrogen-bond donors (Lipinski definition) is 1. The minimum Gasteiger partial charge on any atom is -0.392 e. The second-order valence-corrected chi connectivity index (χ2v) is 4.52. The maximum absolute atomic E-state index is 9.36. The smallest absolute Gasteiger partial charge is 0.140 e. The summed E-state index contributed by atoms with van der Waals surface area (Å²) < 4.78 is 2.18. The predicted octanol–water partition coefficient (Wildman–Crippen LogP) is 2.96. The van der Waals surface area contributed by atoms with E-state index in [1.807, 2.05) is 24.5 Å². The fourth-order valence-electron chi connectivity index (χ4n) is 2.29. The van der Waals surface area contributed by atoms with Gasteiger partial charge in [0.1, 0.15) is 5.65 Å². The first-order valence-corrected chi connectivity index (χ1v) is 6.33. The Labute approximate surface area is 102 Å². The molecule has 2 aromatic heterocycles. The summed E-state index contributed by atoms with van der Waals surface area (Å²) in [5.41, 5.74) is 1.96. The van der Waals surface area contributed by atoms with E-state index in [9.17, 15) is 5.11 Å². The quantitative estimate of drug-likeness (QED) is 0.860. The van der Waals surface area contributed by atoms with Crippen molar-refractivity contribution in [1.82, 2.24) is 9.55 Å². The lowest BCUT2D eigenvalue weighted by Gasteiger charge is -2.13. The molecule has 0 amide bonds. The van der Waals surface area contributed by atoms with Crippen LogP contribution in [0.2, 0.25) is 0 Å². The molecular weight excluding hydrogens is 212 g/mol. The van der Waals surface area contributed by atoms with E-state index in [1.165, 1.54) is 12.8 Å². The number of pyridine rings is 1. The van der Waals surface area contributed by atoms with Gasteiger partial charge in [0.15, 0.2) is 0 Å². The van der Waals surface area contributed by atoms with E-state index in [1.54, 1.807) is 0 Å². The molecule has 0 spiro atoms. The van der Waals surface area contributed by atoms with Crippen molar-refractivity contribution >= 4 is 11.0 Å². The maximum atomic E-state index is 9.36. The molecule has 0 radical (unpaired) electrons. The third kappa shape index (κ3) is 2.34. The highest BCUT2D eigenvalue weighted by atomic mass is 16.3. The fourth-order valence-corrected chi connectivity index (χ4v) is 2.29. The summed E-state index contributed by atoms with van der Waals surface area (Å²) in [5.74, 6) is 0.680.